The van der Waals surface area contributed by atoms with Crippen LogP contribution in [0.25, 0.3) is 0 Å². The van der Waals surface area contributed by atoms with Crippen molar-refractivity contribution in [3.05, 3.63) is 11.7 Å². The fourth-order valence-corrected chi connectivity index (χ4v) is 1.60. The van der Waals surface area contributed by atoms with E-state index in [1.54, 1.807) is 0 Å². The number of aromatic nitrogens is 2. The van der Waals surface area contributed by atoms with E-state index < -0.39 is 0 Å². The van der Waals surface area contributed by atoms with E-state index in [9.17, 15) is 0 Å². The predicted molar refractivity (Wildman–Crippen MR) is 49.6 cm³/mol. The van der Waals surface area contributed by atoms with Crippen LogP contribution >= 0.6 is 0 Å². The third kappa shape index (κ3) is 1.78. The molecular formula is C9H15N3O2. The number of rotatable bonds is 3. The van der Waals surface area contributed by atoms with Gasteiger partial charge in [-0.15, -0.1) is 0 Å². The maximum atomic E-state index is 5.63. The second-order valence-electron chi connectivity index (χ2n) is 3.46. The average Bonchev–Trinajstić information content (AvgIpc) is 2.86. The molecule has 2 rings (SSSR count). The molecule has 0 amide bonds. The monoisotopic (exact) mass is 197 g/mol. The summed E-state index contributed by atoms with van der Waals surface area (Å²) in [4.78, 5) is 4.24. The first-order valence-electron chi connectivity index (χ1n) is 5.01. The molecule has 0 saturated carbocycles. The summed E-state index contributed by atoms with van der Waals surface area (Å²) in [5.41, 5.74) is 5.51. The molecule has 5 nitrogen and oxygen atoms in total. The number of hydrogen-bond acceptors (Lipinski definition) is 5. The fourth-order valence-electron chi connectivity index (χ4n) is 1.60. The van der Waals surface area contributed by atoms with Crippen molar-refractivity contribution in [2.45, 2.75) is 38.4 Å². The molecule has 2 unspecified atom stereocenters. The van der Waals surface area contributed by atoms with Gasteiger partial charge in [0.05, 0.1) is 6.10 Å². The van der Waals surface area contributed by atoms with Gasteiger partial charge in [0.2, 0.25) is 0 Å². The second kappa shape index (κ2) is 4.06. The first kappa shape index (κ1) is 9.61. The van der Waals surface area contributed by atoms with E-state index in [-0.39, 0.29) is 12.2 Å². The second-order valence-corrected chi connectivity index (χ2v) is 3.46. The molecule has 2 atom stereocenters. The number of nitrogens with two attached hydrogens (primary N) is 1. The van der Waals surface area contributed by atoms with E-state index in [1.807, 2.05) is 6.92 Å². The van der Waals surface area contributed by atoms with Crippen LogP contribution in [0.1, 0.15) is 37.6 Å². The summed E-state index contributed by atoms with van der Waals surface area (Å²) < 4.78 is 10.7. The molecule has 5 heteroatoms. The maximum Gasteiger partial charge on any atom is 0.255 e. The third-order valence-corrected chi connectivity index (χ3v) is 2.45. The number of hydrogen-bond donors (Lipinski definition) is 1. The first-order chi connectivity index (χ1) is 6.83. The van der Waals surface area contributed by atoms with Gasteiger partial charge < -0.3 is 15.0 Å². The highest BCUT2D eigenvalue weighted by Gasteiger charge is 2.29. The lowest BCUT2D eigenvalue weighted by atomic mass is 10.2. The number of aryl methyl sites for hydroxylation is 1. The van der Waals surface area contributed by atoms with Gasteiger partial charge in [-0.1, -0.05) is 12.1 Å². The summed E-state index contributed by atoms with van der Waals surface area (Å²) in [6, 6.07) is 0. The van der Waals surface area contributed by atoms with E-state index in [1.165, 1.54) is 0 Å². The van der Waals surface area contributed by atoms with E-state index in [4.69, 9.17) is 15.0 Å². The zero-order valence-corrected chi connectivity index (χ0v) is 8.27. The molecule has 0 aliphatic carbocycles. The van der Waals surface area contributed by atoms with Crippen LogP contribution in [0.15, 0.2) is 4.52 Å². The summed E-state index contributed by atoms with van der Waals surface area (Å²) in [5.74, 6) is 1.33. The highest BCUT2D eigenvalue weighted by atomic mass is 16.5. The van der Waals surface area contributed by atoms with Gasteiger partial charge in [-0.3, -0.25) is 0 Å². The molecule has 1 aromatic heterocycles. The number of nitrogens with zero attached hydrogens (tertiary/aromatic N) is 2. The molecule has 78 valence electrons. The summed E-state index contributed by atoms with van der Waals surface area (Å²) >= 11 is 0. The summed E-state index contributed by atoms with van der Waals surface area (Å²) in [6.45, 7) is 2.55. The minimum Gasteiger partial charge on any atom is -0.364 e. The van der Waals surface area contributed by atoms with Crippen LogP contribution in [-0.2, 0) is 11.2 Å². The molecule has 0 spiro atoms. The third-order valence-electron chi connectivity index (χ3n) is 2.45. The van der Waals surface area contributed by atoms with Crippen LogP contribution in [0.2, 0.25) is 0 Å². The van der Waals surface area contributed by atoms with Crippen LogP contribution in [0.3, 0.4) is 0 Å². The highest BCUT2D eigenvalue weighted by molar-refractivity contribution is 4.93. The van der Waals surface area contributed by atoms with Crippen LogP contribution < -0.4 is 5.73 Å². The molecule has 0 aromatic carbocycles. The van der Waals surface area contributed by atoms with Crippen molar-refractivity contribution < 1.29 is 9.26 Å². The SMILES string of the molecule is CCc1noc(C2CCC(CN)O2)n1. The fraction of sp³-hybridized carbons (Fsp3) is 0.778. The lowest BCUT2D eigenvalue weighted by Gasteiger charge is -2.07. The predicted octanol–water partition coefficient (Wildman–Crippen LogP) is 0.811. The van der Waals surface area contributed by atoms with Crippen LogP contribution in [0.5, 0.6) is 0 Å². The largest absolute Gasteiger partial charge is 0.364 e. The molecule has 1 saturated heterocycles. The molecule has 2 N–H and O–H groups in total. The molecular weight excluding hydrogens is 182 g/mol. The van der Waals surface area contributed by atoms with Gasteiger partial charge in [-0.25, -0.2) is 0 Å². The Morgan fingerprint density at radius 2 is 2.36 bits per heavy atom. The highest BCUT2D eigenvalue weighted by Crippen LogP contribution is 2.31. The van der Waals surface area contributed by atoms with Gasteiger partial charge in [0.15, 0.2) is 5.82 Å². The molecule has 1 aromatic rings. The Hall–Kier alpha value is -0.940. The molecule has 0 bridgehead atoms. The smallest absolute Gasteiger partial charge is 0.255 e. The molecule has 14 heavy (non-hydrogen) atoms. The van der Waals surface area contributed by atoms with Gasteiger partial charge in [0.25, 0.3) is 5.89 Å². The Morgan fingerprint density at radius 3 is 2.93 bits per heavy atom. The Bertz CT molecular complexity index is 300. The van der Waals surface area contributed by atoms with Crippen LogP contribution in [0.4, 0.5) is 0 Å². The van der Waals surface area contributed by atoms with Gasteiger partial charge >= 0.3 is 0 Å². The summed E-state index contributed by atoms with van der Waals surface area (Å²) in [7, 11) is 0. The van der Waals surface area contributed by atoms with Crippen molar-refractivity contribution in [2.75, 3.05) is 6.54 Å². The Kier molecular flexibility index (Phi) is 2.79. The van der Waals surface area contributed by atoms with Crippen molar-refractivity contribution in [1.29, 1.82) is 0 Å². The van der Waals surface area contributed by atoms with Gasteiger partial charge in [0.1, 0.15) is 6.10 Å². The minimum absolute atomic E-state index is 0.0450. The summed E-state index contributed by atoms with van der Waals surface area (Å²) in [6.07, 6.45) is 2.79. The normalized spacial score (nSPS) is 27.0. The van der Waals surface area contributed by atoms with Gasteiger partial charge in [-0.2, -0.15) is 4.98 Å². The Labute approximate surface area is 82.6 Å². The minimum atomic E-state index is -0.0450. The standard InChI is InChI=1S/C9H15N3O2/c1-2-8-11-9(14-12-8)7-4-3-6(5-10)13-7/h6-7H,2-5,10H2,1H3. The van der Waals surface area contributed by atoms with Crippen molar-refractivity contribution in [3.63, 3.8) is 0 Å². The Morgan fingerprint density at radius 1 is 1.50 bits per heavy atom. The van der Waals surface area contributed by atoms with E-state index in [0.29, 0.717) is 12.4 Å². The molecule has 0 radical (unpaired) electrons. The lowest BCUT2D eigenvalue weighted by Crippen LogP contribution is -2.18. The zero-order chi connectivity index (χ0) is 9.97. The van der Waals surface area contributed by atoms with Crippen molar-refractivity contribution >= 4 is 0 Å². The molecule has 1 fully saturated rings. The lowest BCUT2D eigenvalue weighted by molar-refractivity contribution is 0.0307. The quantitative estimate of drug-likeness (QED) is 0.776. The topological polar surface area (TPSA) is 74.2 Å². The van der Waals surface area contributed by atoms with Gasteiger partial charge in [0, 0.05) is 13.0 Å². The van der Waals surface area contributed by atoms with E-state index in [2.05, 4.69) is 10.1 Å². The van der Waals surface area contributed by atoms with Gasteiger partial charge in [-0.05, 0) is 12.8 Å². The zero-order valence-electron chi connectivity index (χ0n) is 8.27. The van der Waals surface area contributed by atoms with E-state index in [0.717, 1.165) is 25.1 Å². The average molecular weight is 197 g/mol. The van der Waals surface area contributed by atoms with Crippen molar-refractivity contribution in [3.8, 4) is 0 Å². The summed E-state index contributed by atoms with van der Waals surface area (Å²) in [5, 5.41) is 3.83. The Balaban J connectivity index is 2.02. The number of ether oxygens (including phenoxy) is 1. The molecule has 1 aliphatic heterocycles. The molecule has 1 aliphatic rings. The maximum absolute atomic E-state index is 5.63. The molecule has 2 heterocycles. The first-order valence-corrected chi connectivity index (χ1v) is 5.01. The van der Waals surface area contributed by atoms with E-state index >= 15 is 0 Å². The van der Waals surface area contributed by atoms with Crippen molar-refractivity contribution in [1.82, 2.24) is 10.1 Å². The van der Waals surface area contributed by atoms with Crippen LogP contribution in [0, 0.1) is 0 Å². The van der Waals surface area contributed by atoms with Crippen molar-refractivity contribution in [2.24, 2.45) is 5.73 Å². The van der Waals surface area contributed by atoms with Crippen LogP contribution in [-0.4, -0.2) is 22.8 Å².